The van der Waals surface area contributed by atoms with Gasteiger partial charge in [0.05, 0.1) is 5.54 Å². The Morgan fingerprint density at radius 1 is 1.24 bits per heavy atom. The topological polar surface area (TPSA) is 84.2 Å². The van der Waals surface area contributed by atoms with Crippen LogP contribution in [0.25, 0.3) is 0 Å². The molecule has 1 amide bonds. The Morgan fingerprint density at radius 3 is 2.48 bits per heavy atom. The first-order chi connectivity index (χ1) is 15.6. The van der Waals surface area contributed by atoms with E-state index in [2.05, 4.69) is 61.7 Å². The van der Waals surface area contributed by atoms with Crippen molar-refractivity contribution in [1.82, 2.24) is 10.0 Å². The summed E-state index contributed by atoms with van der Waals surface area (Å²) in [5.41, 5.74) is 6.41. The van der Waals surface area contributed by atoms with Crippen molar-refractivity contribution < 1.29 is 9.59 Å². The molecule has 3 aliphatic rings. The molecule has 6 atom stereocenters. The lowest BCUT2D eigenvalue weighted by molar-refractivity contribution is -0.132. The van der Waals surface area contributed by atoms with E-state index >= 15 is 0 Å². The Bertz CT molecular complexity index is 832. The number of aryl methyl sites for hydroxylation is 1. The van der Waals surface area contributed by atoms with Gasteiger partial charge >= 0.3 is 0 Å². The number of fused-ring (bicyclic) bond motifs is 2. The number of rotatable bonds is 7. The van der Waals surface area contributed by atoms with Crippen LogP contribution < -0.4 is 21.1 Å². The van der Waals surface area contributed by atoms with Gasteiger partial charge in [-0.1, -0.05) is 38.1 Å². The minimum atomic E-state index is -0.292. The Kier molecular flexibility index (Phi) is 9.05. The van der Waals surface area contributed by atoms with Crippen molar-refractivity contribution in [3.8, 4) is 0 Å². The first-order valence-corrected chi connectivity index (χ1v) is 15.5. The highest BCUT2D eigenvalue weighted by Crippen LogP contribution is 2.50. The van der Waals surface area contributed by atoms with Crippen LogP contribution in [-0.4, -0.2) is 37.5 Å². The summed E-state index contributed by atoms with van der Waals surface area (Å²) in [5, 5.41) is 4.84. The van der Waals surface area contributed by atoms with E-state index in [9.17, 15) is 9.59 Å². The quantitative estimate of drug-likeness (QED) is 0.297. The third-order valence-electron chi connectivity index (χ3n) is 8.15. The average Bonchev–Trinajstić information content (AvgIpc) is 2.73. The number of carbonyl (C=O) groups excluding carboxylic acids is 2. The molecule has 0 aromatic heterocycles. The Labute approximate surface area is 205 Å². The standard InChI is InChI=1S/C13H24N2O.C13H18NOPS/c1-8-4-9-5-10(11(8)15-3)7-13(2,6-9)12(14)16;1-11-6-3-4-7-12(11)16(2)17-14-13(10-15)8-5-9-13/h8-11,15H,4-7H2,1-3H3,(H2,14,16);3-4,6-7,10,14H,5,8-9H2,1-2H3. The smallest absolute Gasteiger partial charge is 0.223 e. The molecule has 5 nitrogen and oxygen atoms in total. The second kappa shape index (κ2) is 11.2. The van der Waals surface area contributed by atoms with Gasteiger partial charge < -0.3 is 15.8 Å². The van der Waals surface area contributed by atoms with Crippen LogP contribution in [0.3, 0.4) is 0 Å². The normalized spacial score (nSPS) is 33.1. The molecule has 184 valence electrons. The van der Waals surface area contributed by atoms with E-state index in [1.165, 1.54) is 23.7 Å². The third kappa shape index (κ3) is 6.20. The van der Waals surface area contributed by atoms with Crippen LogP contribution in [0.1, 0.15) is 64.4 Å². The number of carbonyl (C=O) groups is 2. The van der Waals surface area contributed by atoms with E-state index < -0.39 is 0 Å². The summed E-state index contributed by atoms with van der Waals surface area (Å²) in [6.45, 7) is 8.77. The van der Waals surface area contributed by atoms with Crippen molar-refractivity contribution in [2.24, 2.45) is 28.9 Å². The zero-order valence-electron chi connectivity index (χ0n) is 20.9. The van der Waals surface area contributed by atoms with E-state index in [1.807, 2.05) is 7.05 Å². The van der Waals surface area contributed by atoms with Gasteiger partial charge in [0.2, 0.25) is 5.91 Å². The summed E-state index contributed by atoms with van der Waals surface area (Å²) in [7, 11) is 1.75. The van der Waals surface area contributed by atoms with Gasteiger partial charge in [0.25, 0.3) is 0 Å². The molecular formula is C26H42N3O2PS. The van der Waals surface area contributed by atoms with Crippen molar-refractivity contribution in [1.29, 1.82) is 0 Å². The number of amides is 1. The largest absolute Gasteiger partial charge is 0.369 e. The molecule has 3 saturated carbocycles. The predicted octanol–water partition coefficient (Wildman–Crippen LogP) is 4.53. The Hall–Kier alpha value is -0.940. The fraction of sp³-hybridized carbons (Fsp3) is 0.692. The Balaban J connectivity index is 0.000000186. The number of nitrogens with one attached hydrogen (secondary N) is 2. The predicted molar refractivity (Wildman–Crippen MR) is 142 cm³/mol. The highest BCUT2D eigenvalue weighted by Gasteiger charge is 2.47. The minimum Gasteiger partial charge on any atom is -0.369 e. The number of benzene rings is 1. The van der Waals surface area contributed by atoms with Crippen LogP contribution in [0.2, 0.25) is 0 Å². The van der Waals surface area contributed by atoms with Crippen molar-refractivity contribution in [2.75, 3.05) is 13.7 Å². The molecular weight excluding hydrogens is 449 g/mol. The van der Waals surface area contributed by atoms with E-state index in [1.54, 1.807) is 11.6 Å². The molecule has 4 rings (SSSR count). The SMILES string of the molecule is CNC1C(C)CC2CC1CC(C)(C(N)=O)C2.Cc1ccccc1P(C)SNC1(C=O)CCC1. The van der Waals surface area contributed by atoms with Crippen LogP contribution >= 0.6 is 18.7 Å². The fourth-order valence-electron chi connectivity index (χ4n) is 6.13. The fourth-order valence-corrected chi connectivity index (χ4v) is 9.53. The van der Waals surface area contributed by atoms with Crippen LogP contribution in [0.15, 0.2) is 24.3 Å². The van der Waals surface area contributed by atoms with Crippen molar-refractivity contribution in [2.45, 2.75) is 77.3 Å². The molecule has 1 aromatic carbocycles. The third-order valence-corrected chi connectivity index (χ3v) is 11.8. The van der Waals surface area contributed by atoms with Crippen molar-refractivity contribution in [3.05, 3.63) is 29.8 Å². The lowest BCUT2D eigenvalue weighted by Crippen LogP contribution is -2.52. The van der Waals surface area contributed by atoms with E-state index in [0.29, 0.717) is 17.9 Å². The van der Waals surface area contributed by atoms with Gasteiger partial charge in [0.15, 0.2) is 0 Å². The van der Waals surface area contributed by atoms with Gasteiger partial charge in [0, 0.05) is 11.5 Å². The van der Waals surface area contributed by atoms with Crippen LogP contribution in [0, 0.1) is 30.1 Å². The molecule has 0 saturated heterocycles. The lowest BCUT2D eigenvalue weighted by atomic mass is 9.57. The molecule has 0 heterocycles. The summed E-state index contributed by atoms with van der Waals surface area (Å²) in [6.07, 6.45) is 8.71. The maximum atomic E-state index is 11.6. The first kappa shape index (κ1) is 26.7. The number of aldehydes is 1. The summed E-state index contributed by atoms with van der Waals surface area (Å²) in [6, 6.07) is 9.05. The summed E-state index contributed by atoms with van der Waals surface area (Å²) >= 11 is 1.73. The maximum Gasteiger partial charge on any atom is 0.223 e. The molecule has 6 unspecified atom stereocenters. The van der Waals surface area contributed by atoms with Gasteiger partial charge in [-0.2, -0.15) is 0 Å². The molecule has 1 aromatic rings. The number of primary amides is 1. The molecule has 3 fully saturated rings. The number of hydrogen-bond acceptors (Lipinski definition) is 5. The van der Waals surface area contributed by atoms with Gasteiger partial charge in [-0.15, -0.1) is 0 Å². The second-order valence-corrected chi connectivity index (χ2v) is 14.9. The minimum absolute atomic E-state index is 0.105. The molecule has 2 bridgehead atoms. The van der Waals surface area contributed by atoms with Gasteiger partial charge in [-0.05, 0) is 113 Å². The monoisotopic (exact) mass is 491 g/mol. The van der Waals surface area contributed by atoms with Gasteiger partial charge in [-0.3, -0.25) is 4.79 Å². The summed E-state index contributed by atoms with van der Waals surface area (Å²) < 4.78 is 3.39. The molecule has 3 aliphatic carbocycles. The van der Waals surface area contributed by atoms with Crippen LogP contribution in [0.5, 0.6) is 0 Å². The number of hydrogen-bond donors (Lipinski definition) is 3. The van der Waals surface area contributed by atoms with E-state index in [0.717, 1.165) is 44.3 Å². The summed E-state index contributed by atoms with van der Waals surface area (Å²) in [5.74, 6) is 1.96. The first-order valence-electron chi connectivity index (χ1n) is 12.3. The maximum absolute atomic E-state index is 11.6. The zero-order chi connectivity index (χ0) is 24.2. The van der Waals surface area contributed by atoms with Crippen molar-refractivity contribution >= 4 is 36.2 Å². The second-order valence-electron chi connectivity index (χ2n) is 10.8. The van der Waals surface area contributed by atoms with Gasteiger partial charge in [-0.25, -0.2) is 4.72 Å². The summed E-state index contributed by atoms with van der Waals surface area (Å²) in [4.78, 5) is 22.6. The van der Waals surface area contributed by atoms with Crippen LogP contribution in [0.4, 0.5) is 0 Å². The molecule has 7 heteroatoms. The van der Waals surface area contributed by atoms with Gasteiger partial charge in [0.1, 0.15) is 6.29 Å². The lowest BCUT2D eigenvalue weighted by Gasteiger charge is -2.49. The average molecular weight is 492 g/mol. The van der Waals surface area contributed by atoms with Crippen molar-refractivity contribution in [3.63, 3.8) is 0 Å². The molecule has 4 N–H and O–H groups in total. The van der Waals surface area contributed by atoms with E-state index in [-0.39, 0.29) is 24.0 Å². The molecule has 33 heavy (non-hydrogen) atoms. The highest BCUT2D eigenvalue weighted by atomic mass is 32.7. The Morgan fingerprint density at radius 2 is 1.94 bits per heavy atom. The molecule has 0 radical (unpaired) electrons. The molecule has 0 aliphatic heterocycles. The van der Waals surface area contributed by atoms with E-state index in [4.69, 9.17) is 5.73 Å². The zero-order valence-corrected chi connectivity index (χ0v) is 22.6. The highest BCUT2D eigenvalue weighted by molar-refractivity contribution is 8.56. The van der Waals surface area contributed by atoms with Crippen LogP contribution in [-0.2, 0) is 9.59 Å². The number of nitrogens with two attached hydrogens (primary N) is 1. The molecule has 0 spiro atoms.